The maximum atomic E-state index is 12.4. The number of carbonyl (C=O) groups excluding carboxylic acids is 1. The Kier molecular flexibility index (Phi) is 3.20. The van der Waals surface area contributed by atoms with Crippen molar-refractivity contribution in [3.63, 3.8) is 0 Å². The lowest BCUT2D eigenvalue weighted by Crippen LogP contribution is -2.14. The van der Waals surface area contributed by atoms with Crippen molar-refractivity contribution in [3.05, 3.63) is 66.2 Å². The molecule has 0 bridgehead atoms. The van der Waals surface area contributed by atoms with Crippen molar-refractivity contribution < 1.29 is 4.79 Å². The van der Waals surface area contributed by atoms with Gasteiger partial charge in [0, 0.05) is 22.4 Å². The molecule has 0 aliphatic rings. The first-order valence-corrected chi connectivity index (χ1v) is 6.59. The summed E-state index contributed by atoms with van der Waals surface area (Å²) < 4.78 is 0. The van der Waals surface area contributed by atoms with Gasteiger partial charge in [0.15, 0.2) is 0 Å². The highest BCUT2D eigenvalue weighted by Gasteiger charge is 2.11. The molecule has 0 atom stereocenters. The SMILES string of the molecule is Nc1ccc(C(=O)Nc2cccc3ccccc23)c(N)c1. The molecule has 21 heavy (non-hydrogen) atoms. The number of nitrogens with two attached hydrogens (primary N) is 2. The topological polar surface area (TPSA) is 81.1 Å². The average molecular weight is 277 g/mol. The highest BCUT2D eigenvalue weighted by atomic mass is 16.1. The first kappa shape index (κ1) is 13.0. The summed E-state index contributed by atoms with van der Waals surface area (Å²) in [6, 6.07) is 18.5. The van der Waals surface area contributed by atoms with Crippen LogP contribution in [0.3, 0.4) is 0 Å². The van der Waals surface area contributed by atoms with Crippen LogP contribution in [0.2, 0.25) is 0 Å². The van der Waals surface area contributed by atoms with Crippen LogP contribution in [0.4, 0.5) is 17.1 Å². The molecule has 0 spiro atoms. The molecular weight excluding hydrogens is 262 g/mol. The highest BCUT2D eigenvalue weighted by molar-refractivity contribution is 6.11. The van der Waals surface area contributed by atoms with Crippen LogP contribution in [0.15, 0.2) is 60.7 Å². The summed E-state index contributed by atoms with van der Waals surface area (Å²) >= 11 is 0. The van der Waals surface area contributed by atoms with Crippen molar-refractivity contribution in [1.29, 1.82) is 0 Å². The van der Waals surface area contributed by atoms with Gasteiger partial charge in [-0.15, -0.1) is 0 Å². The molecule has 3 rings (SSSR count). The fourth-order valence-electron chi connectivity index (χ4n) is 2.31. The van der Waals surface area contributed by atoms with Crippen molar-refractivity contribution in [2.75, 3.05) is 16.8 Å². The van der Waals surface area contributed by atoms with E-state index in [2.05, 4.69) is 5.32 Å². The van der Waals surface area contributed by atoms with E-state index in [1.54, 1.807) is 18.2 Å². The number of hydrogen-bond acceptors (Lipinski definition) is 3. The van der Waals surface area contributed by atoms with Crippen LogP contribution in [-0.2, 0) is 0 Å². The lowest BCUT2D eigenvalue weighted by atomic mass is 10.1. The first-order chi connectivity index (χ1) is 10.1. The first-order valence-electron chi connectivity index (χ1n) is 6.59. The molecule has 5 N–H and O–H groups in total. The summed E-state index contributed by atoms with van der Waals surface area (Å²) in [7, 11) is 0. The predicted molar refractivity (Wildman–Crippen MR) is 87.2 cm³/mol. The van der Waals surface area contributed by atoms with Gasteiger partial charge in [-0.2, -0.15) is 0 Å². The summed E-state index contributed by atoms with van der Waals surface area (Å²) in [6.07, 6.45) is 0. The van der Waals surface area contributed by atoms with E-state index in [0.717, 1.165) is 16.5 Å². The summed E-state index contributed by atoms with van der Waals surface area (Å²) in [5.74, 6) is -0.246. The van der Waals surface area contributed by atoms with Crippen LogP contribution in [0.5, 0.6) is 0 Å². The quantitative estimate of drug-likeness (QED) is 0.629. The fourth-order valence-corrected chi connectivity index (χ4v) is 2.31. The van der Waals surface area contributed by atoms with E-state index in [4.69, 9.17) is 11.5 Å². The molecule has 4 heteroatoms. The van der Waals surface area contributed by atoms with E-state index in [9.17, 15) is 4.79 Å². The van der Waals surface area contributed by atoms with E-state index >= 15 is 0 Å². The van der Waals surface area contributed by atoms with Crippen LogP contribution >= 0.6 is 0 Å². The van der Waals surface area contributed by atoms with E-state index < -0.39 is 0 Å². The van der Waals surface area contributed by atoms with Crippen LogP contribution in [0.1, 0.15) is 10.4 Å². The molecule has 0 unspecified atom stereocenters. The zero-order valence-corrected chi connectivity index (χ0v) is 11.3. The van der Waals surface area contributed by atoms with Gasteiger partial charge in [-0.25, -0.2) is 0 Å². The van der Waals surface area contributed by atoms with Gasteiger partial charge in [0.2, 0.25) is 0 Å². The van der Waals surface area contributed by atoms with Crippen molar-refractivity contribution in [1.82, 2.24) is 0 Å². The summed E-state index contributed by atoms with van der Waals surface area (Å²) in [6.45, 7) is 0. The minimum Gasteiger partial charge on any atom is -0.399 e. The van der Waals surface area contributed by atoms with Gasteiger partial charge in [-0.3, -0.25) is 4.79 Å². The largest absolute Gasteiger partial charge is 0.399 e. The Morgan fingerprint density at radius 3 is 2.48 bits per heavy atom. The van der Waals surface area contributed by atoms with Gasteiger partial charge in [-0.05, 0) is 29.7 Å². The Hall–Kier alpha value is -3.01. The number of anilines is 3. The molecule has 0 aliphatic heterocycles. The Bertz CT molecular complexity index is 822. The third-order valence-corrected chi connectivity index (χ3v) is 3.36. The number of carbonyl (C=O) groups is 1. The maximum absolute atomic E-state index is 12.4. The Labute approximate surface area is 122 Å². The fraction of sp³-hybridized carbons (Fsp3) is 0. The van der Waals surface area contributed by atoms with E-state index in [0.29, 0.717) is 16.9 Å². The monoisotopic (exact) mass is 277 g/mol. The molecule has 1 amide bonds. The minimum absolute atomic E-state index is 0.246. The molecule has 0 aromatic heterocycles. The third kappa shape index (κ3) is 2.51. The lowest BCUT2D eigenvalue weighted by Gasteiger charge is -2.10. The molecule has 4 nitrogen and oxygen atoms in total. The number of rotatable bonds is 2. The van der Waals surface area contributed by atoms with E-state index in [1.165, 1.54) is 0 Å². The van der Waals surface area contributed by atoms with Crippen LogP contribution in [0.25, 0.3) is 10.8 Å². The number of hydrogen-bond donors (Lipinski definition) is 3. The van der Waals surface area contributed by atoms with E-state index in [1.807, 2.05) is 42.5 Å². The number of nitrogen functional groups attached to an aromatic ring is 2. The van der Waals surface area contributed by atoms with Crippen LogP contribution in [-0.4, -0.2) is 5.91 Å². The van der Waals surface area contributed by atoms with Crippen molar-refractivity contribution >= 4 is 33.7 Å². The second kappa shape index (κ2) is 5.17. The normalized spacial score (nSPS) is 10.5. The molecule has 0 saturated heterocycles. The highest BCUT2D eigenvalue weighted by Crippen LogP contribution is 2.24. The molecule has 3 aromatic carbocycles. The third-order valence-electron chi connectivity index (χ3n) is 3.36. The van der Waals surface area contributed by atoms with Crippen molar-refractivity contribution in [3.8, 4) is 0 Å². The maximum Gasteiger partial charge on any atom is 0.257 e. The number of benzene rings is 3. The second-order valence-electron chi connectivity index (χ2n) is 4.83. The second-order valence-corrected chi connectivity index (χ2v) is 4.83. The molecule has 0 saturated carbocycles. The molecule has 0 heterocycles. The minimum atomic E-state index is -0.246. The van der Waals surface area contributed by atoms with Crippen molar-refractivity contribution in [2.45, 2.75) is 0 Å². The van der Waals surface area contributed by atoms with Gasteiger partial charge in [-0.1, -0.05) is 36.4 Å². The van der Waals surface area contributed by atoms with Gasteiger partial charge in [0.05, 0.1) is 5.56 Å². The Morgan fingerprint density at radius 1 is 0.905 bits per heavy atom. The van der Waals surface area contributed by atoms with Crippen molar-refractivity contribution in [2.24, 2.45) is 0 Å². The predicted octanol–water partition coefficient (Wildman–Crippen LogP) is 3.26. The standard InChI is InChI=1S/C17H15N3O/c18-12-8-9-14(15(19)10-12)17(21)20-16-7-3-5-11-4-1-2-6-13(11)16/h1-10H,18-19H2,(H,20,21). The zero-order valence-electron chi connectivity index (χ0n) is 11.3. The summed E-state index contributed by atoms with van der Waals surface area (Å²) in [5, 5.41) is 4.96. The molecular formula is C17H15N3O. The Morgan fingerprint density at radius 2 is 1.67 bits per heavy atom. The van der Waals surface area contributed by atoms with Crippen LogP contribution < -0.4 is 16.8 Å². The summed E-state index contributed by atoms with van der Waals surface area (Å²) in [4.78, 5) is 12.4. The zero-order chi connectivity index (χ0) is 14.8. The van der Waals surface area contributed by atoms with Crippen LogP contribution in [0, 0.1) is 0 Å². The number of amides is 1. The smallest absolute Gasteiger partial charge is 0.257 e. The molecule has 3 aromatic rings. The molecule has 0 aliphatic carbocycles. The van der Waals surface area contributed by atoms with Gasteiger partial charge < -0.3 is 16.8 Å². The van der Waals surface area contributed by atoms with Gasteiger partial charge in [0.1, 0.15) is 0 Å². The van der Waals surface area contributed by atoms with E-state index in [-0.39, 0.29) is 5.91 Å². The Balaban J connectivity index is 1.97. The lowest BCUT2D eigenvalue weighted by molar-refractivity contribution is 0.102. The summed E-state index contributed by atoms with van der Waals surface area (Å²) in [5.41, 5.74) is 13.6. The molecule has 0 radical (unpaired) electrons. The molecule has 0 fully saturated rings. The molecule has 104 valence electrons. The average Bonchev–Trinajstić information content (AvgIpc) is 2.47. The van der Waals surface area contributed by atoms with Gasteiger partial charge in [0.25, 0.3) is 5.91 Å². The number of nitrogens with one attached hydrogen (secondary N) is 1. The van der Waals surface area contributed by atoms with Gasteiger partial charge >= 0.3 is 0 Å². The number of fused-ring (bicyclic) bond motifs is 1.